The topological polar surface area (TPSA) is 46.5 Å². The van der Waals surface area contributed by atoms with Crippen molar-refractivity contribution >= 4 is 5.97 Å². The van der Waals surface area contributed by atoms with Gasteiger partial charge >= 0.3 is 5.97 Å². The molecule has 0 aliphatic heterocycles. The van der Waals surface area contributed by atoms with Crippen LogP contribution in [0.1, 0.15) is 65.4 Å². The van der Waals surface area contributed by atoms with Gasteiger partial charge in [0.05, 0.1) is 5.60 Å². The van der Waals surface area contributed by atoms with Crippen molar-refractivity contribution in [3.05, 3.63) is 59.7 Å². The first-order chi connectivity index (χ1) is 12.3. The Balaban J connectivity index is 2.28. The second-order valence-electron chi connectivity index (χ2n) is 7.47. The molecule has 0 aliphatic carbocycles. The normalized spacial score (nSPS) is 15.7. The second kappa shape index (κ2) is 11.7. The number of hydrogen-bond acceptors (Lipinski definition) is 3. The largest absolute Gasteiger partial charge is 0.458 e. The zero-order chi connectivity index (χ0) is 19.4. The van der Waals surface area contributed by atoms with Crippen molar-refractivity contribution in [2.45, 2.75) is 72.0 Å². The van der Waals surface area contributed by atoms with E-state index in [2.05, 4.69) is 13.0 Å². The summed E-state index contributed by atoms with van der Waals surface area (Å²) in [5, 5.41) is 10.0. The van der Waals surface area contributed by atoms with E-state index in [1.807, 2.05) is 57.2 Å². The van der Waals surface area contributed by atoms with Gasteiger partial charge in [-0.3, -0.25) is 0 Å². The molecule has 0 aromatic heterocycles. The molecule has 26 heavy (non-hydrogen) atoms. The van der Waals surface area contributed by atoms with Gasteiger partial charge < -0.3 is 9.84 Å². The number of esters is 1. The summed E-state index contributed by atoms with van der Waals surface area (Å²) < 4.78 is 5.25. The van der Waals surface area contributed by atoms with Gasteiger partial charge in [-0.2, -0.15) is 0 Å². The summed E-state index contributed by atoms with van der Waals surface area (Å²) in [6, 6.07) is 9.67. The summed E-state index contributed by atoms with van der Waals surface area (Å²) >= 11 is 0. The highest BCUT2D eigenvalue weighted by atomic mass is 16.5. The number of rotatable bonds is 11. The van der Waals surface area contributed by atoms with Crippen molar-refractivity contribution < 1.29 is 14.6 Å². The molecule has 0 amide bonds. The molecule has 2 atom stereocenters. The van der Waals surface area contributed by atoms with Crippen LogP contribution in [0.25, 0.3) is 0 Å². The molecule has 0 saturated heterocycles. The van der Waals surface area contributed by atoms with Gasteiger partial charge in [-0.1, -0.05) is 69.2 Å². The number of aliphatic hydroxyl groups is 1. The van der Waals surface area contributed by atoms with E-state index in [1.54, 1.807) is 0 Å². The summed E-state index contributed by atoms with van der Waals surface area (Å²) in [4.78, 5) is 11.8. The number of carbonyl (C=O) groups excluding carboxylic acids is 1. The van der Waals surface area contributed by atoms with Crippen LogP contribution in [0.4, 0.5) is 0 Å². The summed E-state index contributed by atoms with van der Waals surface area (Å²) in [6.07, 6.45) is 10.4. The first kappa shape index (κ1) is 22.2. The maximum atomic E-state index is 11.8. The molecule has 144 valence electrons. The van der Waals surface area contributed by atoms with Crippen molar-refractivity contribution in [3.8, 4) is 0 Å². The molecule has 1 aromatic rings. The van der Waals surface area contributed by atoms with E-state index in [4.69, 9.17) is 4.74 Å². The second-order valence-corrected chi connectivity index (χ2v) is 7.47. The number of carbonyl (C=O) groups is 1. The fourth-order valence-electron chi connectivity index (χ4n) is 2.62. The summed E-state index contributed by atoms with van der Waals surface area (Å²) in [7, 11) is 0. The van der Waals surface area contributed by atoms with Crippen molar-refractivity contribution in [3.63, 3.8) is 0 Å². The van der Waals surface area contributed by atoms with E-state index < -0.39 is 5.60 Å². The molecular weight excluding hydrogens is 324 g/mol. The zero-order valence-corrected chi connectivity index (χ0v) is 16.7. The lowest BCUT2D eigenvalue weighted by Crippen LogP contribution is -2.22. The first-order valence-corrected chi connectivity index (χ1v) is 9.60. The van der Waals surface area contributed by atoms with Gasteiger partial charge in [0.1, 0.15) is 6.61 Å². The molecule has 1 rings (SSSR count). The molecule has 0 bridgehead atoms. The highest BCUT2D eigenvalue weighted by Gasteiger charge is 2.16. The first-order valence-electron chi connectivity index (χ1n) is 9.60. The maximum absolute atomic E-state index is 11.8. The summed E-state index contributed by atoms with van der Waals surface area (Å²) in [5.74, 6) is 0.252. The van der Waals surface area contributed by atoms with Gasteiger partial charge in [-0.15, -0.1) is 0 Å². The van der Waals surface area contributed by atoms with Gasteiger partial charge in [0.15, 0.2) is 0 Å². The lowest BCUT2D eigenvalue weighted by atomic mass is 9.92. The number of hydrogen-bond donors (Lipinski definition) is 1. The predicted octanol–water partition coefficient (Wildman–Crippen LogP) is 5.59. The number of ether oxygens (including phenoxy) is 1. The third-order valence-electron chi connectivity index (χ3n) is 4.66. The molecular formula is C23H34O3. The van der Waals surface area contributed by atoms with Crippen LogP contribution in [0.5, 0.6) is 0 Å². The lowest BCUT2D eigenvalue weighted by molar-refractivity contribution is -0.139. The van der Waals surface area contributed by atoms with Crippen LogP contribution in [0.15, 0.2) is 54.1 Å². The zero-order valence-electron chi connectivity index (χ0n) is 16.7. The molecule has 3 nitrogen and oxygen atoms in total. The summed E-state index contributed by atoms with van der Waals surface area (Å²) in [6.45, 7) is 8.35. The van der Waals surface area contributed by atoms with Crippen molar-refractivity contribution in [2.75, 3.05) is 0 Å². The Morgan fingerprint density at radius 3 is 2.65 bits per heavy atom. The van der Waals surface area contributed by atoms with Gasteiger partial charge in [-0.25, -0.2) is 4.79 Å². The molecule has 1 N–H and O–H groups in total. The lowest BCUT2D eigenvalue weighted by Gasteiger charge is -2.21. The van der Waals surface area contributed by atoms with Crippen LogP contribution < -0.4 is 0 Å². The SMILES string of the molecule is CCC(C)(O)CCCC(C)CC=CC(C)=CC(=O)OCc1ccccc1. The Bertz CT molecular complexity index is 585. The highest BCUT2D eigenvalue weighted by Crippen LogP contribution is 2.20. The molecule has 0 saturated carbocycles. The van der Waals surface area contributed by atoms with E-state index in [1.165, 1.54) is 6.08 Å². The van der Waals surface area contributed by atoms with Gasteiger partial charge in [-0.05, 0) is 50.2 Å². The number of allylic oxidation sites excluding steroid dienone is 3. The van der Waals surface area contributed by atoms with Gasteiger partial charge in [0.25, 0.3) is 0 Å². The Kier molecular flexibility index (Phi) is 9.97. The van der Waals surface area contributed by atoms with E-state index in [9.17, 15) is 9.90 Å². The number of benzene rings is 1. The van der Waals surface area contributed by atoms with E-state index >= 15 is 0 Å². The fourth-order valence-corrected chi connectivity index (χ4v) is 2.62. The van der Waals surface area contributed by atoms with Crippen LogP contribution in [0.2, 0.25) is 0 Å². The molecule has 0 fully saturated rings. The highest BCUT2D eigenvalue weighted by molar-refractivity contribution is 5.83. The smallest absolute Gasteiger partial charge is 0.331 e. The van der Waals surface area contributed by atoms with E-state index in [0.717, 1.165) is 43.2 Å². The minimum Gasteiger partial charge on any atom is -0.458 e. The average Bonchev–Trinajstić information content (AvgIpc) is 2.60. The van der Waals surface area contributed by atoms with Gasteiger partial charge in [0, 0.05) is 6.08 Å². The van der Waals surface area contributed by atoms with Crippen molar-refractivity contribution in [1.82, 2.24) is 0 Å². The monoisotopic (exact) mass is 358 g/mol. The molecule has 0 spiro atoms. The molecule has 0 aliphatic rings. The maximum Gasteiger partial charge on any atom is 0.331 e. The van der Waals surface area contributed by atoms with Crippen LogP contribution in [0.3, 0.4) is 0 Å². The molecule has 1 aromatic carbocycles. The Hall–Kier alpha value is -1.87. The van der Waals surface area contributed by atoms with Crippen LogP contribution in [0, 0.1) is 5.92 Å². The summed E-state index contributed by atoms with van der Waals surface area (Å²) in [5.41, 5.74) is 1.34. The minimum atomic E-state index is -0.533. The average molecular weight is 359 g/mol. The Morgan fingerprint density at radius 2 is 2.00 bits per heavy atom. The third-order valence-corrected chi connectivity index (χ3v) is 4.66. The van der Waals surface area contributed by atoms with E-state index in [0.29, 0.717) is 12.5 Å². The molecule has 0 heterocycles. The van der Waals surface area contributed by atoms with Crippen LogP contribution in [-0.2, 0) is 16.1 Å². The quantitative estimate of drug-likeness (QED) is 0.319. The molecule has 3 heteroatoms. The van der Waals surface area contributed by atoms with Crippen molar-refractivity contribution in [1.29, 1.82) is 0 Å². The van der Waals surface area contributed by atoms with Crippen LogP contribution in [-0.4, -0.2) is 16.7 Å². The molecule has 2 unspecified atom stereocenters. The third kappa shape index (κ3) is 10.2. The Labute approximate surface area is 158 Å². The van der Waals surface area contributed by atoms with Crippen LogP contribution >= 0.6 is 0 Å². The standard InChI is InChI=1S/C23H34O3/c1-5-23(4,25)16-10-13-19(2)11-9-12-20(3)17-22(24)26-18-21-14-7-6-8-15-21/h6-9,12,14-15,17,19,25H,5,10-11,13,16,18H2,1-4H3. The van der Waals surface area contributed by atoms with Crippen molar-refractivity contribution in [2.24, 2.45) is 5.92 Å². The van der Waals surface area contributed by atoms with E-state index in [-0.39, 0.29) is 5.97 Å². The minimum absolute atomic E-state index is 0.297. The Morgan fingerprint density at radius 1 is 1.31 bits per heavy atom. The predicted molar refractivity (Wildman–Crippen MR) is 108 cm³/mol. The van der Waals surface area contributed by atoms with Gasteiger partial charge in [0.2, 0.25) is 0 Å². The fraction of sp³-hybridized carbons (Fsp3) is 0.522. The molecule has 0 radical (unpaired) electrons.